The maximum Gasteiger partial charge on any atom is 0.272 e. The molecule has 0 aliphatic heterocycles. The quantitative estimate of drug-likeness (QED) is 0.495. The highest BCUT2D eigenvalue weighted by atomic mass is 16.1. The molecule has 13 heavy (non-hydrogen) atoms. The van der Waals surface area contributed by atoms with Crippen LogP contribution < -0.4 is 17.0 Å². The summed E-state index contributed by atoms with van der Waals surface area (Å²) in [6, 6.07) is 4.94. The molecule has 2 aromatic rings. The lowest BCUT2D eigenvalue weighted by Gasteiger charge is -1.99. The SMILES string of the molecule is Nc1ccc2c(N)n[nH]c(=O)c2c1. The topological polar surface area (TPSA) is 97.8 Å². The van der Waals surface area contributed by atoms with Gasteiger partial charge in [-0.1, -0.05) is 0 Å². The van der Waals surface area contributed by atoms with Crippen molar-refractivity contribution in [1.29, 1.82) is 0 Å². The first kappa shape index (κ1) is 7.60. The third kappa shape index (κ3) is 1.10. The minimum absolute atomic E-state index is 0.281. The number of benzene rings is 1. The number of nitrogens with zero attached hydrogens (tertiary/aromatic N) is 1. The number of nitrogens with one attached hydrogen (secondary N) is 1. The highest BCUT2D eigenvalue weighted by Gasteiger charge is 2.02. The zero-order valence-corrected chi connectivity index (χ0v) is 6.74. The van der Waals surface area contributed by atoms with E-state index in [4.69, 9.17) is 11.5 Å². The Kier molecular flexibility index (Phi) is 1.45. The van der Waals surface area contributed by atoms with Crippen molar-refractivity contribution in [3.8, 4) is 0 Å². The number of fused-ring (bicyclic) bond motifs is 1. The van der Waals surface area contributed by atoms with Gasteiger partial charge in [0.1, 0.15) is 0 Å². The second-order valence-electron chi connectivity index (χ2n) is 2.74. The van der Waals surface area contributed by atoms with Gasteiger partial charge < -0.3 is 11.5 Å². The summed E-state index contributed by atoms with van der Waals surface area (Å²) in [6.45, 7) is 0. The lowest BCUT2D eigenvalue weighted by molar-refractivity contribution is 1.02. The van der Waals surface area contributed by atoms with E-state index in [-0.39, 0.29) is 5.56 Å². The fourth-order valence-electron chi connectivity index (χ4n) is 1.20. The van der Waals surface area contributed by atoms with Crippen molar-refractivity contribution in [1.82, 2.24) is 10.2 Å². The Hall–Kier alpha value is -2.04. The normalized spacial score (nSPS) is 10.5. The summed E-state index contributed by atoms with van der Waals surface area (Å²) in [5, 5.41) is 7.01. The van der Waals surface area contributed by atoms with Crippen LogP contribution in [0.5, 0.6) is 0 Å². The van der Waals surface area contributed by atoms with Crippen LogP contribution in [-0.4, -0.2) is 10.2 Å². The fraction of sp³-hybridized carbons (Fsp3) is 0. The Bertz CT molecular complexity index is 517. The lowest BCUT2D eigenvalue weighted by Crippen LogP contribution is -2.10. The molecule has 0 bridgehead atoms. The molecule has 66 valence electrons. The second-order valence-corrected chi connectivity index (χ2v) is 2.74. The minimum Gasteiger partial charge on any atom is -0.399 e. The van der Waals surface area contributed by atoms with Crippen LogP contribution in [0.3, 0.4) is 0 Å². The van der Waals surface area contributed by atoms with E-state index in [9.17, 15) is 4.79 Å². The number of hydrogen-bond acceptors (Lipinski definition) is 4. The number of H-pyrrole nitrogens is 1. The summed E-state index contributed by atoms with van der Waals surface area (Å²) in [5.74, 6) is 0.301. The van der Waals surface area contributed by atoms with Gasteiger partial charge in [0.05, 0.1) is 5.39 Å². The molecule has 2 rings (SSSR count). The predicted molar refractivity (Wildman–Crippen MR) is 51.2 cm³/mol. The Morgan fingerprint density at radius 3 is 2.77 bits per heavy atom. The van der Waals surface area contributed by atoms with Crippen LogP contribution in [0.15, 0.2) is 23.0 Å². The molecule has 1 aromatic carbocycles. The molecule has 0 unspecified atom stereocenters. The van der Waals surface area contributed by atoms with Crippen molar-refractivity contribution in [2.24, 2.45) is 0 Å². The van der Waals surface area contributed by atoms with Crippen LogP contribution in [-0.2, 0) is 0 Å². The number of anilines is 2. The summed E-state index contributed by atoms with van der Waals surface area (Å²) in [7, 11) is 0. The molecule has 0 aliphatic rings. The van der Waals surface area contributed by atoms with E-state index in [1.165, 1.54) is 0 Å². The zero-order chi connectivity index (χ0) is 9.42. The monoisotopic (exact) mass is 176 g/mol. The van der Waals surface area contributed by atoms with Gasteiger partial charge in [-0.15, -0.1) is 0 Å². The van der Waals surface area contributed by atoms with Crippen molar-refractivity contribution in [3.63, 3.8) is 0 Å². The fourth-order valence-corrected chi connectivity index (χ4v) is 1.20. The third-order valence-corrected chi connectivity index (χ3v) is 1.84. The maximum atomic E-state index is 11.3. The number of nitrogen functional groups attached to an aromatic ring is 2. The summed E-state index contributed by atoms with van der Waals surface area (Å²) in [5.41, 5.74) is 11.3. The van der Waals surface area contributed by atoms with E-state index in [0.29, 0.717) is 22.3 Å². The van der Waals surface area contributed by atoms with Crippen molar-refractivity contribution >= 4 is 22.3 Å². The van der Waals surface area contributed by atoms with Crippen molar-refractivity contribution in [2.75, 3.05) is 11.5 Å². The van der Waals surface area contributed by atoms with Gasteiger partial charge in [0.15, 0.2) is 5.82 Å². The number of rotatable bonds is 0. The molecule has 1 heterocycles. The van der Waals surface area contributed by atoms with Gasteiger partial charge in [-0.05, 0) is 18.2 Å². The molecule has 0 saturated heterocycles. The first-order chi connectivity index (χ1) is 6.18. The van der Waals surface area contributed by atoms with Crippen LogP contribution in [0, 0.1) is 0 Å². The average molecular weight is 176 g/mol. The first-order valence-corrected chi connectivity index (χ1v) is 3.72. The van der Waals surface area contributed by atoms with Gasteiger partial charge in [0.2, 0.25) is 0 Å². The van der Waals surface area contributed by atoms with E-state index >= 15 is 0 Å². The highest BCUT2D eigenvalue weighted by molar-refractivity contribution is 5.91. The minimum atomic E-state index is -0.281. The lowest BCUT2D eigenvalue weighted by atomic mass is 10.2. The average Bonchev–Trinajstić information content (AvgIpc) is 2.12. The van der Waals surface area contributed by atoms with E-state index in [0.717, 1.165) is 0 Å². The van der Waals surface area contributed by atoms with Crippen LogP contribution in [0.2, 0.25) is 0 Å². The van der Waals surface area contributed by atoms with E-state index in [1.807, 2.05) is 0 Å². The molecular formula is C8H8N4O. The van der Waals surface area contributed by atoms with Gasteiger partial charge in [0, 0.05) is 11.1 Å². The predicted octanol–water partition coefficient (Wildman–Crippen LogP) is 0.0875. The van der Waals surface area contributed by atoms with Gasteiger partial charge in [-0.25, -0.2) is 5.10 Å². The summed E-state index contributed by atoms with van der Waals surface area (Å²) < 4.78 is 0. The molecule has 0 saturated carbocycles. The molecule has 5 nitrogen and oxygen atoms in total. The first-order valence-electron chi connectivity index (χ1n) is 3.72. The molecule has 0 radical (unpaired) electrons. The molecule has 0 amide bonds. The van der Waals surface area contributed by atoms with Gasteiger partial charge in [-0.3, -0.25) is 4.79 Å². The number of nitrogens with two attached hydrogens (primary N) is 2. The molecule has 0 spiro atoms. The van der Waals surface area contributed by atoms with Crippen molar-refractivity contribution < 1.29 is 0 Å². The molecule has 5 heteroatoms. The number of aromatic nitrogens is 2. The second kappa shape index (κ2) is 2.48. The highest BCUT2D eigenvalue weighted by Crippen LogP contribution is 2.16. The van der Waals surface area contributed by atoms with Crippen molar-refractivity contribution in [3.05, 3.63) is 28.6 Å². The molecule has 0 atom stereocenters. The van der Waals surface area contributed by atoms with Gasteiger partial charge >= 0.3 is 0 Å². The van der Waals surface area contributed by atoms with Crippen molar-refractivity contribution in [2.45, 2.75) is 0 Å². The van der Waals surface area contributed by atoms with Crippen LogP contribution in [0.25, 0.3) is 10.8 Å². The maximum absolute atomic E-state index is 11.3. The summed E-state index contributed by atoms with van der Waals surface area (Å²) >= 11 is 0. The standard InChI is InChI=1S/C8H8N4O/c9-4-1-2-5-6(3-4)8(13)12-11-7(5)10/h1-3H,9H2,(H2,10,11)(H,12,13). The Labute approximate surface area is 73.4 Å². The Morgan fingerprint density at radius 2 is 2.00 bits per heavy atom. The van der Waals surface area contributed by atoms with E-state index in [1.54, 1.807) is 18.2 Å². The summed E-state index contributed by atoms with van der Waals surface area (Å²) in [4.78, 5) is 11.3. The molecule has 1 aromatic heterocycles. The van der Waals surface area contributed by atoms with Crippen LogP contribution >= 0.6 is 0 Å². The Morgan fingerprint density at radius 1 is 1.23 bits per heavy atom. The van der Waals surface area contributed by atoms with Crippen LogP contribution in [0.1, 0.15) is 0 Å². The zero-order valence-electron chi connectivity index (χ0n) is 6.74. The van der Waals surface area contributed by atoms with Crippen LogP contribution in [0.4, 0.5) is 11.5 Å². The van der Waals surface area contributed by atoms with E-state index in [2.05, 4.69) is 10.2 Å². The Balaban J connectivity index is 3.01. The molecule has 0 aliphatic carbocycles. The van der Waals surface area contributed by atoms with Gasteiger partial charge in [-0.2, -0.15) is 5.10 Å². The smallest absolute Gasteiger partial charge is 0.272 e. The summed E-state index contributed by atoms with van der Waals surface area (Å²) in [6.07, 6.45) is 0. The van der Waals surface area contributed by atoms with Gasteiger partial charge in [0.25, 0.3) is 5.56 Å². The number of aromatic amines is 1. The third-order valence-electron chi connectivity index (χ3n) is 1.84. The van der Waals surface area contributed by atoms with E-state index < -0.39 is 0 Å². The molecule has 0 fully saturated rings. The molecular weight excluding hydrogens is 168 g/mol. The number of hydrogen-bond donors (Lipinski definition) is 3. The molecule has 5 N–H and O–H groups in total. The largest absolute Gasteiger partial charge is 0.399 e.